The second-order valence-electron chi connectivity index (χ2n) is 5.38. The summed E-state index contributed by atoms with van der Waals surface area (Å²) in [6.07, 6.45) is 0. The third kappa shape index (κ3) is 4.10. The Kier molecular flexibility index (Phi) is 4.28. The minimum absolute atomic E-state index is 0.0967. The van der Waals surface area contributed by atoms with Crippen molar-refractivity contribution in [2.75, 3.05) is 6.54 Å². The lowest BCUT2D eigenvalue weighted by Gasteiger charge is -2.22. The van der Waals surface area contributed by atoms with Crippen LogP contribution in [0.1, 0.15) is 43.5 Å². The third-order valence-electron chi connectivity index (χ3n) is 2.80. The van der Waals surface area contributed by atoms with E-state index < -0.39 is 5.60 Å². The average Bonchev–Trinajstić information content (AvgIpc) is 2.20. The summed E-state index contributed by atoms with van der Waals surface area (Å²) >= 11 is 0. The Morgan fingerprint density at radius 2 is 1.76 bits per heavy atom. The van der Waals surface area contributed by atoms with Gasteiger partial charge in [0.15, 0.2) is 0 Å². The van der Waals surface area contributed by atoms with Crippen LogP contribution in [-0.4, -0.2) is 17.3 Å². The fraction of sp³-hybridized carbons (Fsp3) is 0.571. The topological polar surface area (TPSA) is 32.3 Å². The molecule has 0 aliphatic rings. The first-order valence-electron chi connectivity index (χ1n) is 5.93. The summed E-state index contributed by atoms with van der Waals surface area (Å²) in [4.78, 5) is 0. The summed E-state index contributed by atoms with van der Waals surface area (Å²) in [6.45, 7) is 9.58. The molecule has 17 heavy (non-hydrogen) atoms. The minimum atomic E-state index is -0.738. The molecule has 0 spiro atoms. The maximum absolute atomic E-state index is 13.5. The fourth-order valence-electron chi connectivity index (χ4n) is 1.75. The quantitative estimate of drug-likeness (QED) is 0.846. The van der Waals surface area contributed by atoms with E-state index in [2.05, 4.69) is 5.32 Å². The highest BCUT2D eigenvalue weighted by Crippen LogP contribution is 2.20. The molecule has 0 amide bonds. The first kappa shape index (κ1) is 14.1. The zero-order valence-corrected chi connectivity index (χ0v) is 11.3. The van der Waals surface area contributed by atoms with Crippen molar-refractivity contribution in [2.45, 2.75) is 46.3 Å². The molecule has 1 aromatic carbocycles. The number of aliphatic hydroxyl groups is 1. The standard InChI is InChI=1S/C14H22FNO/c1-9-6-12(7-10(2)13(9)15)11(3)16-8-14(4,5)17/h6-7,11,16-17H,8H2,1-5H3. The highest BCUT2D eigenvalue weighted by molar-refractivity contribution is 5.32. The molecule has 0 aliphatic carbocycles. The van der Waals surface area contributed by atoms with Crippen molar-refractivity contribution in [3.05, 3.63) is 34.6 Å². The van der Waals surface area contributed by atoms with E-state index >= 15 is 0 Å². The number of halogens is 1. The van der Waals surface area contributed by atoms with Crippen molar-refractivity contribution in [3.63, 3.8) is 0 Å². The molecule has 1 unspecified atom stereocenters. The molecule has 0 saturated heterocycles. The molecule has 0 aliphatic heterocycles. The maximum atomic E-state index is 13.5. The molecular formula is C14H22FNO. The van der Waals surface area contributed by atoms with Gasteiger partial charge >= 0.3 is 0 Å². The van der Waals surface area contributed by atoms with Gasteiger partial charge < -0.3 is 10.4 Å². The summed E-state index contributed by atoms with van der Waals surface area (Å²) in [5, 5.41) is 12.9. The minimum Gasteiger partial charge on any atom is -0.389 e. The van der Waals surface area contributed by atoms with E-state index in [4.69, 9.17) is 0 Å². The number of hydrogen-bond donors (Lipinski definition) is 2. The van der Waals surface area contributed by atoms with Crippen LogP contribution in [-0.2, 0) is 0 Å². The molecule has 1 aromatic rings. The number of benzene rings is 1. The van der Waals surface area contributed by atoms with E-state index in [0.29, 0.717) is 17.7 Å². The van der Waals surface area contributed by atoms with Crippen molar-refractivity contribution in [1.29, 1.82) is 0 Å². The molecule has 2 nitrogen and oxygen atoms in total. The largest absolute Gasteiger partial charge is 0.389 e. The van der Waals surface area contributed by atoms with Crippen molar-refractivity contribution in [2.24, 2.45) is 0 Å². The lowest BCUT2D eigenvalue weighted by atomic mass is 10.0. The monoisotopic (exact) mass is 239 g/mol. The van der Waals surface area contributed by atoms with Crippen LogP contribution < -0.4 is 5.32 Å². The van der Waals surface area contributed by atoms with Crippen LogP contribution in [0.2, 0.25) is 0 Å². The second-order valence-corrected chi connectivity index (χ2v) is 5.38. The first-order valence-corrected chi connectivity index (χ1v) is 5.93. The Morgan fingerprint density at radius 1 is 1.29 bits per heavy atom. The number of rotatable bonds is 4. The Bertz CT molecular complexity index is 373. The van der Waals surface area contributed by atoms with E-state index in [1.165, 1.54) is 0 Å². The van der Waals surface area contributed by atoms with Gasteiger partial charge in [-0.25, -0.2) is 4.39 Å². The van der Waals surface area contributed by atoms with Crippen LogP contribution in [0.5, 0.6) is 0 Å². The van der Waals surface area contributed by atoms with Gasteiger partial charge in [-0.1, -0.05) is 12.1 Å². The second kappa shape index (κ2) is 5.15. The van der Waals surface area contributed by atoms with Crippen LogP contribution >= 0.6 is 0 Å². The summed E-state index contributed by atoms with van der Waals surface area (Å²) in [5.41, 5.74) is 1.64. The van der Waals surface area contributed by atoms with E-state index in [9.17, 15) is 9.50 Å². The molecule has 0 bridgehead atoms. The lowest BCUT2D eigenvalue weighted by Crippen LogP contribution is -2.36. The molecule has 0 fully saturated rings. The van der Waals surface area contributed by atoms with Gasteiger partial charge in [-0.15, -0.1) is 0 Å². The lowest BCUT2D eigenvalue weighted by molar-refractivity contribution is 0.0770. The van der Waals surface area contributed by atoms with Gasteiger partial charge in [-0.3, -0.25) is 0 Å². The van der Waals surface area contributed by atoms with Crippen molar-refractivity contribution in [1.82, 2.24) is 5.32 Å². The Hall–Kier alpha value is -0.930. The summed E-state index contributed by atoms with van der Waals surface area (Å²) < 4.78 is 13.5. The zero-order chi connectivity index (χ0) is 13.2. The molecule has 1 atom stereocenters. The molecule has 0 heterocycles. The van der Waals surface area contributed by atoms with Crippen LogP contribution in [0, 0.1) is 19.7 Å². The molecule has 96 valence electrons. The van der Waals surface area contributed by atoms with E-state index in [1.807, 2.05) is 19.1 Å². The van der Waals surface area contributed by atoms with Gasteiger partial charge in [0.1, 0.15) is 5.82 Å². The highest BCUT2D eigenvalue weighted by Gasteiger charge is 2.15. The smallest absolute Gasteiger partial charge is 0.129 e. The predicted octanol–water partition coefficient (Wildman–Crippen LogP) is 2.86. The van der Waals surface area contributed by atoms with Gasteiger partial charge in [-0.05, 0) is 51.3 Å². The molecule has 1 rings (SSSR count). The number of nitrogens with one attached hydrogen (secondary N) is 1. The van der Waals surface area contributed by atoms with Crippen LogP contribution in [0.4, 0.5) is 4.39 Å². The SMILES string of the molecule is Cc1cc(C(C)NCC(C)(C)O)cc(C)c1F. The van der Waals surface area contributed by atoms with E-state index in [-0.39, 0.29) is 11.9 Å². The van der Waals surface area contributed by atoms with Gasteiger partial charge in [0.05, 0.1) is 5.60 Å². The molecule has 0 saturated carbocycles. The molecular weight excluding hydrogens is 217 g/mol. The zero-order valence-electron chi connectivity index (χ0n) is 11.3. The van der Waals surface area contributed by atoms with Gasteiger partial charge in [-0.2, -0.15) is 0 Å². The molecule has 0 aromatic heterocycles. The predicted molar refractivity (Wildman–Crippen MR) is 68.6 cm³/mol. The molecule has 0 radical (unpaired) electrons. The summed E-state index contributed by atoms with van der Waals surface area (Å²) in [6, 6.07) is 3.80. The van der Waals surface area contributed by atoms with Crippen molar-refractivity contribution >= 4 is 0 Å². The Balaban J connectivity index is 2.79. The molecule has 3 heteroatoms. The number of aryl methyl sites for hydroxylation is 2. The normalized spacial score (nSPS) is 13.8. The number of hydrogen-bond acceptors (Lipinski definition) is 2. The van der Waals surface area contributed by atoms with Crippen molar-refractivity contribution < 1.29 is 9.50 Å². The summed E-state index contributed by atoms with van der Waals surface area (Å²) in [5.74, 6) is -0.136. The maximum Gasteiger partial charge on any atom is 0.129 e. The third-order valence-corrected chi connectivity index (χ3v) is 2.80. The van der Waals surface area contributed by atoms with Crippen LogP contribution in [0.25, 0.3) is 0 Å². The van der Waals surface area contributed by atoms with Crippen molar-refractivity contribution in [3.8, 4) is 0 Å². The Morgan fingerprint density at radius 3 is 2.18 bits per heavy atom. The van der Waals surface area contributed by atoms with Gasteiger partial charge in [0.2, 0.25) is 0 Å². The average molecular weight is 239 g/mol. The first-order chi connectivity index (χ1) is 7.70. The molecule has 2 N–H and O–H groups in total. The Labute approximate surface area is 103 Å². The van der Waals surface area contributed by atoms with Crippen LogP contribution in [0.15, 0.2) is 12.1 Å². The van der Waals surface area contributed by atoms with Crippen LogP contribution in [0.3, 0.4) is 0 Å². The summed E-state index contributed by atoms with van der Waals surface area (Å²) in [7, 11) is 0. The van der Waals surface area contributed by atoms with E-state index in [1.54, 1.807) is 27.7 Å². The van der Waals surface area contributed by atoms with E-state index in [0.717, 1.165) is 5.56 Å². The fourth-order valence-corrected chi connectivity index (χ4v) is 1.75. The highest BCUT2D eigenvalue weighted by atomic mass is 19.1. The van der Waals surface area contributed by atoms with Gasteiger partial charge in [0.25, 0.3) is 0 Å². The van der Waals surface area contributed by atoms with Gasteiger partial charge in [0, 0.05) is 12.6 Å².